The molecule has 2 aromatic rings. The molecule has 0 atom stereocenters. The molecule has 6 heteroatoms. The first-order valence-corrected chi connectivity index (χ1v) is 6.63. The molecular weight excluding hydrogens is 286 g/mol. The molecule has 1 aromatic heterocycles. The predicted octanol–water partition coefficient (Wildman–Crippen LogP) is 2.82. The summed E-state index contributed by atoms with van der Waals surface area (Å²) in [5.74, 6) is -1.84. The van der Waals surface area contributed by atoms with Gasteiger partial charge in [0.2, 0.25) is 0 Å². The van der Waals surface area contributed by atoms with Crippen LogP contribution < -0.4 is 0 Å². The highest BCUT2D eigenvalue weighted by molar-refractivity contribution is 5.93. The summed E-state index contributed by atoms with van der Waals surface area (Å²) in [5.41, 5.74) is 0.756. The number of nitrogens with zero attached hydrogens (tertiary/aromatic N) is 1. The van der Waals surface area contributed by atoms with Crippen molar-refractivity contribution in [2.75, 3.05) is 6.61 Å². The Kier molecular flexibility index (Phi) is 6.00. The first-order valence-electron chi connectivity index (χ1n) is 6.63. The SMILES string of the molecule is CC(C)(C)OCC(=O)O.O=C(O)c1ccc2ncccc2c1. The van der Waals surface area contributed by atoms with Crippen molar-refractivity contribution in [2.45, 2.75) is 26.4 Å². The molecule has 2 rings (SSSR count). The van der Waals surface area contributed by atoms with Crippen molar-refractivity contribution in [3.05, 3.63) is 42.1 Å². The fraction of sp³-hybridized carbons (Fsp3) is 0.312. The zero-order valence-electron chi connectivity index (χ0n) is 12.7. The van der Waals surface area contributed by atoms with Gasteiger partial charge < -0.3 is 14.9 Å². The summed E-state index contributed by atoms with van der Waals surface area (Å²) in [7, 11) is 0. The average Bonchev–Trinajstić information content (AvgIpc) is 2.44. The first-order chi connectivity index (χ1) is 10.2. The van der Waals surface area contributed by atoms with Gasteiger partial charge in [0.15, 0.2) is 0 Å². The first kappa shape index (κ1) is 17.6. The van der Waals surface area contributed by atoms with E-state index >= 15 is 0 Å². The molecule has 0 saturated carbocycles. The molecule has 1 aromatic carbocycles. The number of ether oxygens (including phenoxy) is 1. The molecule has 0 unspecified atom stereocenters. The van der Waals surface area contributed by atoms with Crippen LogP contribution in [0, 0.1) is 0 Å². The monoisotopic (exact) mass is 305 g/mol. The van der Waals surface area contributed by atoms with Crippen LogP contribution >= 0.6 is 0 Å². The van der Waals surface area contributed by atoms with Gasteiger partial charge in [-0.3, -0.25) is 4.98 Å². The number of carboxylic acids is 2. The van der Waals surface area contributed by atoms with Crippen molar-refractivity contribution in [3.8, 4) is 0 Å². The van der Waals surface area contributed by atoms with Gasteiger partial charge in [0.1, 0.15) is 6.61 Å². The van der Waals surface area contributed by atoms with Crippen molar-refractivity contribution < 1.29 is 24.5 Å². The number of benzene rings is 1. The summed E-state index contributed by atoms with van der Waals surface area (Å²) in [6.07, 6.45) is 1.68. The minimum atomic E-state index is -0.926. The third kappa shape index (κ3) is 6.32. The number of pyridine rings is 1. The highest BCUT2D eigenvalue weighted by atomic mass is 16.5. The van der Waals surface area contributed by atoms with Crippen LogP contribution in [0.15, 0.2) is 36.5 Å². The molecule has 0 aliphatic rings. The predicted molar refractivity (Wildman–Crippen MR) is 82.0 cm³/mol. The lowest BCUT2D eigenvalue weighted by atomic mass is 10.1. The Morgan fingerprint density at radius 2 is 1.86 bits per heavy atom. The van der Waals surface area contributed by atoms with Crippen molar-refractivity contribution in [2.24, 2.45) is 0 Å². The van der Waals surface area contributed by atoms with E-state index in [9.17, 15) is 9.59 Å². The zero-order valence-corrected chi connectivity index (χ0v) is 12.7. The third-order valence-corrected chi connectivity index (χ3v) is 2.48. The summed E-state index contributed by atoms with van der Waals surface area (Å²) in [4.78, 5) is 24.6. The second-order valence-electron chi connectivity index (χ2n) is 5.51. The van der Waals surface area contributed by atoms with Crippen molar-refractivity contribution in [3.63, 3.8) is 0 Å². The standard InChI is InChI=1S/C10H7NO2.C6H12O3/c12-10(13)8-3-4-9-7(6-8)2-1-5-11-9;1-6(2,3)9-4-5(7)8/h1-6H,(H,12,13);4H2,1-3H3,(H,7,8). The van der Waals surface area contributed by atoms with Gasteiger partial charge in [-0.25, -0.2) is 9.59 Å². The lowest BCUT2D eigenvalue weighted by Crippen LogP contribution is -2.23. The third-order valence-electron chi connectivity index (χ3n) is 2.48. The Hall–Kier alpha value is -2.47. The Balaban J connectivity index is 0.000000239. The van der Waals surface area contributed by atoms with Crippen LogP contribution in [0.4, 0.5) is 0 Å². The molecule has 6 nitrogen and oxygen atoms in total. The summed E-state index contributed by atoms with van der Waals surface area (Å²) >= 11 is 0. The Labute approximate surface area is 128 Å². The van der Waals surface area contributed by atoms with E-state index in [0.29, 0.717) is 5.56 Å². The van der Waals surface area contributed by atoms with E-state index in [2.05, 4.69) is 4.98 Å². The fourth-order valence-corrected chi connectivity index (χ4v) is 1.49. The molecule has 0 radical (unpaired) electrons. The maximum Gasteiger partial charge on any atom is 0.335 e. The van der Waals surface area contributed by atoms with E-state index in [1.54, 1.807) is 30.5 Å². The minimum Gasteiger partial charge on any atom is -0.480 e. The molecule has 118 valence electrons. The van der Waals surface area contributed by atoms with Gasteiger partial charge >= 0.3 is 11.9 Å². The van der Waals surface area contributed by atoms with Gasteiger partial charge in [0.25, 0.3) is 0 Å². The molecule has 0 aliphatic heterocycles. The number of hydrogen-bond acceptors (Lipinski definition) is 4. The molecule has 2 N–H and O–H groups in total. The highest BCUT2D eigenvalue weighted by Gasteiger charge is 2.11. The number of aromatic nitrogens is 1. The van der Waals surface area contributed by atoms with Crippen LogP contribution in [-0.2, 0) is 9.53 Å². The Morgan fingerprint density at radius 3 is 2.36 bits per heavy atom. The van der Waals surface area contributed by atoms with E-state index in [1.165, 1.54) is 0 Å². The molecule has 1 heterocycles. The minimum absolute atomic E-state index is 0.219. The topological polar surface area (TPSA) is 96.7 Å². The number of carboxylic acid groups (broad SMARTS) is 2. The average molecular weight is 305 g/mol. The molecular formula is C16H19NO5. The van der Waals surface area contributed by atoms with Gasteiger partial charge in [-0.05, 0) is 45.0 Å². The van der Waals surface area contributed by atoms with Crippen molar-refractivity contribution in [1.82, 2.24) is 4.98 Å². The van der Waals surface area contributed by atoms with E-state index in [-0.39, 0.29) is 12.2 Å². The van der Waals surface area contributed by atoms with Gasteiger partial charge in [-0.2, -0.15) is 0 Å². The van der Waals surface area contributed by atoms with E-state index < -0.39 is 11.9 Å². The van der Waals surface area contributed by atoms with Crippen LogP contribution in [0.25, 0.3) is 10.9 Å². The van der Waals surface area contributed by atoms with Crippen LogP contribution in [0.2, 0.25) is 0 Å². The normalized spacial score (nSPS) is 10.7. The molecule has 0 aliphatic carbocycles. The van der Waals surface area contributed by atoms with Gasteiger partial charge in [0.05, 0.1) is 16.7 Å². The summed E-state index contributed by atoms with van der Waals surface area (Å²) < 4.78 is 4.89. The number of carbonyl (C=O) groups is 2. The van der Waals surface area contributed by atoms with E-state index in [0.717, 1.165) is 10.9 Å². The van der Waals surface area contributed by atoms with Crippen LogP contribution in [0.5, 0.6) is 0 Å². The number of aliphatic carboxylic acids is 1. The van der Waals surface area contributed by atoms with E-state index in [4.69, 9.17) is 14.9 Å². The molecule has 0 bridgehead atoms. The number of hydrogen-bond donors (Lipinski definition) is 2. The van der Waals surface area contributed by atoms with Crippen molar-refractivity contribution >= 4 is 22.8 Å². The maximum absolute atomic E-state index is 10.6. The van der Waals surface area contributed by atoms with Crippen LogP contribution in [0.3, 0.4) is 0 Å². The maximum atomic E-state index is 10.6. The molecule has 0 fully saturated rings. The molecule has 0 saturated heterocycles. The number of aromatic carboxylic acids is 1. The smallest absolute Gasteiger partial charge is 0.335 e. The van der Waals surface area contributed by atoms with Gasteiger partial charge in [-0.15, -0.1) is 0 Å². The van der Waals surface area contributed by atoms with Crippen LogP contribution in [-0.4, -0.2) is 39.3 Å². The quantitative estimate of drug-likeness (QED) is 0.905. The Bertz CT molecular complexity index is 661. The fourth-order valence-electron chi connectivity index (χ4n) is 1.49. The second-order valence-corrected chi connectivity index (χ2v) is 5.51. The molecule has 22 heavy (non-hydrogen) atoms. The zero-order chi connectivity index (χ0) is 16.8. The lowest BCUT2D eigenvalue weighted by Gasteiger charge is -2.17. The van der Waals surface area contributed by atoms with Crippen molar-refractivity contribution in [1.29, 1.82) is 0 Å². The molecule has 0 spiro atoms. The van der Waals surface area contributed by atoms with E-state index in [1.807, 2.05) is 26.8 Å². The second kappa shape index (κ2) is 7.51. The number of rotatable bonds is 3. The number of fused-ring (bicyclic) bond motifs is 1. The van der Waals surface area contributed by atoms with Gasteiger partial charge in [0, 0.05) is 11.6 Å². The Morgan fingerprint density at radius 1 is 1.18 bits per heavy atom. The summed E-state index contributed by atoms with van der Waals surface area (Å²) in [6.45, 7) is 5.23. The lowest BCUT2D eigenvalue weighted by molar-refractivity contribution is -0.147. The summed E-state index contributed by atoms with van der Waals surface area (Å²) in [6, 6.07) is 8.50. The van der Waals surface area contributed by atoms with Crippen LogP contribution in [0.1, 0.15) is 31.1 Å². The van der Waals surface area contributed by atoms with Gasteiger partial charge in [-0.1, -0.05) is 6.07 Å². The largest absolute Gasteiger partial charge is 0.480 e. The molecule has 0 amide bonds. The summed E-state index contributed by atoms with van der Waals surface area (Å²) in [5, 5.41) is 17.7. The highest BCUT2D eigenvalue weighted by Crippen LogP contribution is 2.12.